The smallest absolute Gasteiger partial charge is 0.262 e. The Kier molecular flexibility index (Phi) is 6.90. The van der Waals surface area contributed by atoms with Gasteiger partial charge < -0.3 is 15.4 Å². The summed E-state index contributed by atoms with van der Waals surface area (Å²) >= 11 is 8.21. The lowest BCUT2D eigenvalue weighted by Gasteiger charge is -2.41. The van der Waals surface area contributed by atoms with Crippen LogP contribution in [0.4, 0.5) is 5.82 Å². The molecule has 3 aliphatic rings. The topological polar surface area (TPSA) is 99.2 Å². The minimum Gasteiger partial charge on any atom is -0.376 e. The zero-order chi connectivity index (χ0) is 25.6. The first-order valence-electron chi connectivity index (χ1n) is 13.3. The van der Waals surface area contributed by atoms with E-state index >= 15 is 0 Å². The summed E-state index contributed by atoms with van der Waals surface area (Å²) in [5.74, 6) is 0.865. The summed E-state index contributed by atoms with van der Waals surface area (Å²) in [4.78, 5) is 30.3. The van der Waals surface area contributed by atoms with Gasteiger partial charge in [0.25, 0.3) is 5.56 Å². The minimum atomic E-state index is -0.0598. The average molecular weight is 541 g/mol. The van der Waals surface area contributed by atoms with Gasteiger partial charge >= 0.3 is 0 Å². The molecule has 2 aliphatic heterocycles. The maximum atomic E-state index is 13.4. The molecule has 10 heteroatoms. The van der Waals surface area contributed by atoms with Crippen molar-refractivity contribution in [2.75, 3.05) is 24.6 Å². The van der Waals surface area contributed by atoms with E-state index in [0.29, 0.717) is 15.9 Å². The second-order valence-corrected chi connectivity index (χ2v) is 12.2. The van der Waals surface area contributed by atoms with Gasteiger partial charge in [-0.3, -0.25) is 9.36 Å². The van der Waals surface area contributed by atoms with E-state index < -0.39 is 0 Å². The van der Waals surface area contributed by atoms with E-state index in [9.17, 15) is 4.79 Å². The van der Waals surface area contributed by atoms with E-state index in [-0.39, 0.29) is 29.2 Å². The zero-order valence-corrected chi connectivity index (χ0v) is 22.7. The number of piperidine rings is 1. The number of halogens is 1. The van der Waals surface area contributed by atoms with E-state index in [2.05, 4.69) is 21.8 Å². The average Bonchev–Trinajstić information content (AvgIpc) is 3.20. The fourth-order valence-electron chi connectivity index (χ4n) is 6.15. The summed E-state index contributed by atoms with van der Waals surface area (Å²) in [5, 5.41) is 1.65. The number of rotatable bonds is 4. The lowest BCUT2D eigenvalue weighted by molar-refractivity contribution is 0.0974. The van der Waals surface area contributed by atoms with Crippen molar-refractivity contribution >= 4 is 40.1 Å². The predicted octanol–water partition coefficient (Wildman–Crippen LogP) is 4.83. The molecule has 1 spiro atoms. The van der Waals surface area contributed by atoms with Crippen molar-refractivity contribution in [3.05, 3.63) is 46.2 Å². The number of ether oxygens (including phenoxy) is 1. The Labute approximate surface area is 226 Å². The van der Waals surface area contributed by atoms with Crippen LogP contribution in [0, 0.1) is 5.41 Å². The summed E-state index contributed by atoms with van der Waals surface area (Å²) < 4.78 is 7.62. The third kappa shape index (κ3) is 4.64. The zero-order valence-electron chi connectivity index (χ0n) is 21.1. The van der Waals surface area contributed by atoms with E-state index in [1.54, 1.807) is 17.1 Å². The van der Waals surface area contributed by atoms with Crippen LogP contribution in [0.5, 0.6) is 0 Å². The number of aromatic nitrogens is 4. The van der Waals surface area contributed by atoms with Crippen molar-refractivity contribution in [2.24, 2.45) is 11.1 Å². The summed E-state index contributed by atoms with van der Waals surface area (Å²) in [5.41, 5.74) is 7.10. The largest absolute Gasteiger partial charge is 0.376 e. The summed E-state index contributed by atoms with van der Waals surface area (Å²) in [7, 11) is 0. The summed E-state index contributed by atoms with van der Waals surface area (Å²) in [6.45, 7) is 4.60. The van der Waals surface area contributed by atoms with E-state index in [0.717, 1.165) is 74.0 Å². The van der Waals surface area contributed by atoms with Crippen molar-refractivity contribution in [1.82, 2.24) is 19.5 Å². The number of benzene rings is 1. The summed E-state index contributed by atoms with van der Waals surface area (Å²) in [6, 6.07) is 4.06. The normalized spacial score (nSPS) is 24.2. The van der Waals surface area contributed by atoms with Crippen molar-refractivity contribution in [2.45, 2.75) is 80.0 Å². The third-order valence-corrected chi connectivity index (χ3v) is 10.1. The molecule has 37 heavy (non-hydrogen) atoms. The maximum Gasteiger partial charge on any atom is 0.262 e. The molecule has 196 valence electrons. The van der Waals surface area contributed by atoms with Gasteiger partial charge in [0.05, 0.1) is 47.4 Å². The van der Waals surface area contributed by atoms with Gasteiger partial charge in [-0.1, -0.05) is 42.6 Å². The Morgan fingerprint density at radius 2 is 1.89 bits per heavy atom. The Bertz CT molecular complexity index is 1340. The fraction of sp³-hybridized carbons (Fsp3) is 0.556. The second-order valence-electron chi connectivity index (χ2n) is 10.7. The highest BCUT2D eigenvalue weighted by Crippen LogP contribution is 2.42. The number of nitrogens with zero attached hydrogens (tertiary/aromatic N) is 5. The molecule has 0 amide bonds. The van der Waals surface area contributed by atoms with E-state index in [4.69, 9.17) is 27.1 Å². The molecule has 8 nitrogen and oxygen atoms in total. The summed E-state index contributed by atoms with van der Waals surface area (Å²) in [6.07, 6.45) is 12.9. The lowest BCUT2D eigenvalue weighted by atomic mass is 9.73. The van der Waals surface area contributed by atoms with E-state index in [1.165, 1.54) is 18.2 Å². The van der Waals surface area contributed by atoms with Gasteiger partial charge in [-0.25, -0.2) is 15.0 Å². The molecular formula is C27H33ClN6O2S. The highest BCUT2D eigenvalue weighted by molar-refractivity contribution is 7.99. The fourth-order valence-corrected chi connectivity index (χ4v) is 7.27. The first-order chi connectivity index (χ1) is 17.9. The molecule has 1 saturated carbocycles. The third-order valence-electron chi connectivity index (χ3n) is 8.58. The standard InChI is InChI=1S/C27H33ClN6O2S/c1-17-25(29)27(15-36-17)9-11-33(12-10-27)21-13-31-22(14-30-21)37-20-8-7-19-23(24(20)28)26(35)34(16-32-19)18-5-3-2-4-6-18/h7-8,13-14,16-18,25H,2-6,9-12,15,29H2,1H3. The maximum absolute atomic E-state index is 13.4. The first-order valence-corrected chi connectivity index (χ1v) is 14.5. The molecule has 1 aromatic carbocycles. The van der Waals surface area contributed by atoms with Gasteiger partial charge in [0, 0.05) is 35.5 Å². The highest BCUT2D eigenvalue weighted by atomic mass is 35.5. The molecule has 3 fully saturated rings. The minimum absolute atomic E-state index is 0.0598. The van der Waals surface area contributed by atoms with E-state index in [1.807, 2.05) is 18.3 Å². The highest BCUT2D eigenvalue weighted by Gasteiger charge is 2.47. The first kappa shape index (κ1) is 25.1. The van der Waals surface area contributed by atoms with Gasteiger partial charge in [-0.2, -0.15) is 0 Å². The quantitative estimate of drug-likeness (QED) is 0.502. The number of nitrogens with two attached hydrogens (primary N) is 1. The second kappa shape index (κ2) is 10.2. The van der Waals surface area contributed by atoms with Crippen LogP contribution in [0.25, 0.3) is 10.9 Å². The van der Waals surface area contributed by atoms with Crippen LogP contribution in [-0.2, 0) is 4.74 Å². The number of fused-ring (bicyclic) bond motifs is 1. The van der Waals surface area contributed by atoms with Crippen LogP contribution in [0.1, 0.15) is 57.9 Å². The molecule has 2 aromatic heterocycles. The Balaban J connectivity index is 1.18. The van der Waals surface area contributed by atoms with Crippen molar-refractivity contribution in [3.63, 3.8) is 0 Å². The molecule has 2 saturated heterocycles. The molecule has 0 bridgehead atoms. The Morgan fingerprint density at radius 1 is 1.11 bits per heavy atom. The molecule has 0 radical (unpaired) electrons. The molecule has 2 atom stereocenters. The van der Waals surface area contributed by atoms with Crippen LogP contribution >= 0.6 is 23.4 Å². The molecular weight excluding hydrogens is 508 g/mol. The van der Waals surface area contributed by atoms with Crippen LogP contribution in [-0.4, -0.2) is 51.4 Å². The molecule has 2 N–H and O–H groups in total. The van der Waals surface area contributed by atoms with Crippen molar-refractivity contribution in [3.8, 4) is 0 Å². The van der Waals surface area contributed by atoms with Crippen LogP contribution < -0.4 is 16.2 Å². The molecule has 1 aliphatic carbocycles. The monoisotopic (exact) mass is 540 g/mol. The van der Waals surface area contributed by atoms with Crippen LogP contribution in [0.15, 0.2) is 45.6 Å². The molecule has 2 unspecified atom stereocenters. The van der Waals surface area contributed by atoms with Gasteiger partial charge in [0.2, 0.25) is 0 Å². The van der Waals surface area contributed by atoms with Crippen LogP contribution in [0.3, 0.4) is 0 Å². The van der Waals surface area contributed by atoms with Crippen molar-refractivity contribution < 1.29 is 4.74 Å². The van der Waals surface area contributed by atoms with Gasteiger partial charge in [-0.15, -0.1) is 0 Å². The Morgan fingerprint density at radius 3 is 2.57 bits per heavy atom. The lowest BCUT2D eigenvalue weighted by Crippen LogP contribution is -2.50. The molecule has 4 heterocycles. The van der Waals surface area contributed by atoms with Gasteiger partial charge in [0.1, 0.15) is 10.8 Å². The number of anilines is 1. The van der Waals surface area contributed by atoms with Crippen LogP contribution in [0.2, 0.25) is 5.02 Å². The Hall–Kier alpha value is -2.20. The SMILES string of the molecule is CC1OCC2(CCN(c3cnc(Sc4ccc5ncn(C6CCCCC6)c(=O)c5c4Cl)cn3)CC2)C1N. The van der Waals surface area contributed by atoms with Gasteiger partial charge in [-0.05, 0) is 44.7 Å². The van der Waals surface area contributed by atoms with Gasteiger partial charge in [0.15, 0.2) is 0 Å². The molecule has 6 rings (SSSR count). The predicted molar refractivity (Wildman–Crippen MR) is 147 cm³/mol. The van der Waals surface area contributed by atoms with Crippen molar-refractivity contribution in [1.29, 1.82) is 0 Å². The number of hydrogen-bond donors (Lipinski definition) is 1. The molecule has 3 aromatic rings. The number of hydrogen-bond acceptors (Lipinski definition) is 8.